The van der Waals surface area contributed by atoms with Crippen molar-refractivity contribution in [3.05, 3.63) is 71.5 Å². The molecular formula is C18H19N5O2S. The minimum absolute atomic E-state index is 0.162. The normalized spacial score (nSPS) is 11.2. The molecule has 134 valence electrons. The van der Waals surface area contributed by atoms with E-state index in [0.717, 1.165) is 16.7 Å². The molecule has 0 aliphatic carbocycles. The lowest BCUT2D eigenvalue weighted by Crippen LogP contribution is -2.15. The Kier molecular flexibility index (Phi) is 5.13. The lowest BCUT2D eigenvalue weighted by molar-refractivity contribution is 0.601. The number of hydrogen-bond acceptors (Lipinski definition) is 6. The SMILES string of the molecule is Cc1ccc(S(=O)(=O)Nc2ccc(NCc3cccnc3)nn2)cc1C. The van der Waals surface area contributed by atoms with E-state index in [2.05, 4.69) is 25.2 Å². The van der Waals surface area contributed by atoms with Crippen LogP contribution in [-0.2, 0) is 16.6 Å². The topological polar surface area (TPSA) is 96.9 Å². The van der Waals surface area contributed by atoms with Gasteiger partial charge in [0.15, 0.2) is 5.82 Å². The highest BCUT2D eigenvalue weighted by Gasteiger charge is 2.15. The van der Waals surface area contributed by atoms with Crippen molar-refractivity contribution in [2.24, 2.45) is 0 Å². The largest absolute Gasteiger partial charge is 0.364 e. The average molecular weight is 369 g/mol. The van der Waals surface area contributed by atoms with Gasteiger partial charge in [0.1, 0.15) is 5.82 Å². The molecule has 0 saturated carbocycles. The lowest BCUT2D eigenvalue weighted by Gasteiger charge is -2.09. The van der Waals surface area contributed by atoms with Crippen molar-refractivity contribution in [2.45, 2.75) is 25.3 Å². The van der Waals surface area contributed by atoms with Crippen LogP contribution in [0.5, 0.6) is 0 Å². The Balaban J connectivity index is 1.67. The number of sulfonamides is 1. The van der Waals surface area contributed by atoms with E-state index in [-0.39, 0.29) is 10.7 Å². The van der Waals surface area contributed by atoms with Crippen LogP contribution in [-0.4, -0.2) is 23.6 Å². The first-order chi connectivity index (χ1) is 12.4. The van der Waals surface area contributed by atoms with Crippen molar-refractivity contribution in [3.63, 3.8) is 0 Å². The summed E-state index contributed by atoms with van der Waals surface area (Å²) in [5, 5.41) is 11.0. The van der Waals surface area contributed by atoms with Gasteiger partial charge in [-0.1, -0.05) is 12.1 Å². The maximum Gasteiger partial charge on any atom is 0.263 e. The van der Waals surface area contributed by atoms with Gasteiger partial charge in [0.05, 0.1) is 4.90 Å². The molecule has 1 aromatic carbocycles. The molecule has 0 radical (unpaired) electrons. The smallest absolute Gasteiger partial charge is 0.263 e. The second kappa shape index (κ2) is 7.49. The molecule has 2 heterocycles. The molecule has 3 rings (SSSR count). The molecule has 0 aliphatic rings. The van der Waals surface area contributed by atoms with E-state index in [4.69, 9.17) is 0 Å². The van der Waals surface area contributed by atoms with Crippen LogP contribution in [0.4, 0.5) is 11.6 Å². The first-order valence-electron chi connectivity index (χ1n) is 8.01. The van der Waals surface area contributed by atoms with Crippen molar-refractivity contribution >= 4 is 21.7 Å². The highest BCUT2D eigenvalue weighted by Crippen LogP contribution is 2.18. The average Bonchev–Trinajstić information content (AvgIpc) is 2.64. The maximum atomic E-state index is 12.5. The van der Waals surface area contributed by atoms with Crippen molar-refractivity contribution in [3.8, 4) is 0 Å². The van der Waals surface area contributed by atoms with Crippen LogP contribution in [0.25, 0.3) is 0 Å². The molecule has 0 atom stereocenters. The highest BCUT2D eigenvalue weighted by atomic mass is 32.2. The number of hydrogen-bond donors (Lipinski definition) is 2. The van der Waals surface area contributed by atoms with Crippen LogP contribution in [0.1, 0.15) is 16.7 Å². The summed E-state index contributed by atoms with van der Waals surface area (Å²) in [7, 11) is -3.70. The summed E-state index contributed by atoms with van der Waals surface area (Å²) < 4.78 is 27.4. The molecule has 0 bridgehead atoms. The number of nitrogens with one attached hydrogen (secondary N) is 2. The number of rotatable bonds is 6. The second-order valence-electron chi connectivity index (χ2n) is 5.87. The van der Waals surface area contributed by atoms with Crippen LogP contribution in [0.15, 0.2) is 59.8 Å². The van der Waals surface area contributed by atoms with Crippen molar-refractivity contribution < 1.29 is 8.42 Å². The minimum Gasteiger partial charge on any atom is -0.364 e. The van der Waals surface area contributed by atoms with Crippen LogP contribution in [0.3, 0.4) is 0 Å². The third kappa shape index (κ3) is 4.34. The number of nitrogens with zero attached hydrogens (tertiary/aromatic N) is 3. The molecule has 0 spiro atoms. The third-order valence-electron chi connectivity index (χ3n) is 3.89. The number of pyridine rings is 1. The minimum atomic E-state index is -3.70. The Morgan fingerprint density at radius 2 is 1.73 bits per heavy atom. The molecular weight excluding hydrogens is 350 g/mol. The first-order valence-corrected chi connectivity index (χ1v) is 9.49. The van der Waals surface area contributed by atoms with Gasteiger partial charge in [0.25, 0.3) is 10.0 Å². The number of aromatic nitrogens is 3. The Morgan fingerprint density at radius 1 is 0.962 bits per heavy atom. The molecule has 7 nitrogen and oxygen atoms in total. The molecule has 26 heavy (non-hydrogen) atoms. The Bertz CT molecular complexity index is 990. The van der Waals surface area contributed by atoms with Crippen LogP contribution in [0.2, 0.25) is 0 Å². The summed E-state index contributed by atoms with van der Waals surface area (Å²) in [5.41, 5.74) is 2.95. The van der Waals surface area contributed by atoms with E-state index in [1.165, 1.54) is 0 Å². The van der Waals surface area contributed by atoms with E-state index >= 15 is 0 Å². The van der Waals surface area contributed by atoms with Gasteiger partial charge in [-0.2, -0.15) is 0 Å². The lowest BCUT2D eigenvalue weighted by atomic mass is 10.1. The van der Waals surface area contributed by atoms with Crippen LogP contribution >= 0.6 is 0 Å². The fourth-order valence-electron chi connectivity index (χ4n) is 2.25. The van der Waals surface area contributed by atoms with Crippen molar-refractivity contribution in [1.82, 2.24) is 15.2 Å². The van der Waals surface area contributed by atoms with Gasteiger partial charge in [0, 0.05) is 18.9 Å². The molecule has 2 aromatic heterocycles. The van der Waals surface area contributed by atoms with E-state index in [9.17, 15) is 8.42 Å². The maximum absolute atomic E-state index is 12.5. The number of anilines is 2. The standard InChI is InChI=1S/C18H19N5O2S/c1-13-5-6-16(10-14(13)2)26(24,25)23-18-8-7-17(21-22-18)20-12-15-4-3-9-19-11-15/h3-11H,12H2,1-2H3,(H,20,21)(H,22,23). The van der Waals surface area contributed by atoms with Gasteiger partial charge < -0.3 is 5.32 Å². The molecule has 3 aromatic rings. The first kappa shape index (κ1) is 17.8. The van der Waals surface area contributed by atoms with Crippen molar-refractivity contribution in [2.75, 3.05) is 10.0 Å². The van der Waals surface area contributed by atoms with Crippen LogP contribution in [0, 0.1) is 13.8 Å². The summed E-state index contributed by atoms with van der Waals surface area (Å²) in [4.78, 5) is 4.23. The number of benzene rings is 1. The zero-order valence-corrected chi connectivity index (χ0v) is 15.3. The van der Waals surface area contributed by atoms with Crippen molar-refractivity contribution in [1.29, 1.82) is 0 Å². The third-order valence-corrected chi connectivity index (χ3v) is 5.24. The van der Waals surface area contributed by atoms with Gasteiger partial charge in [-0.25, -0.2) is 8.42 Å². The monoisotopic (exact) mass is 369 g/mol. The Labute approximate surface area is 152 Å². The fraction of sp³-hybridized carbons (Fsp3) is 0.167. The Hall–Kier alpha value is -3.00. The van der Waals surface area contributed by atoms with E-state index in [0.29, 0.717) is 12.4 Å². The van der Waals surface area contributed by atoms with Gasteiger partial charge in [-0.05, 0) is 60.9 Å². The summed E-state index contributed by atoms with van der Waals surface area (Å²) in [6, 6.07) is 12.0. The quantitative estimate of drug-likeness (QED) is 0.693. The molecule has 0 saturated heterocycles. The Morgan fingerprint density at radius 3 is 2.38 bits per heavy atom. The van der Waals surface area contributed by atoms with Gasteiger partial charge >= 0.3 is 0 Å². The molecule has 0 amide bonds. The predicted octanol–water partition coefficient (Wildman–Crippen LogP) is 2.90. The highest BCUT2D eigenvalue weighted by molar-refractivity contribution is 7.92. The van der Waals surface area contributed by atoms with Gasteiger partial charge in [-0.3, -0.25) is 9.71 Å². The number of aryl methyl sites for hydroxylation is 2. The van der Waals surface area contributed by atoms with Gasteiger partial charge in [0.2, 0.25) is 0 Å². The predicted molar refractivity (Wildman–Crippen MR) is 100 cm³/mol. The summed E-state index contributed by atoms with van der Waals surface area (Å²) in [6.45, 7) is 4.36. The summed E-state index contributed by atoms with van der Waals surface area (Å²) in [6.07, 6.45) is 3.46. The van der Waals surface area contributed by atoms with Gasteiger partial charge in [-0.15, -0.1) is 10.2 Å². The second-order valence-corrected chi connectivity index (χ2v) is 7.55. The molecule has 8 heteroatoms. The molecule has 0 aliphatic heterocycles. The fourth-order valence-corrected chi connectivity index (χ4v) is 3.34. The zero-order valence-electron chi connectivity index (χ0n) is 14.5. The molecule has 0 fully saturated rings. The van der Waals surface area contributed by atoms with Crippen LogP contribution < -0.4 is 10.0 Å². The molecule has 2 N–H and O–H groups in total. The summed E-state index contributed by atoms with van der Waals surface area (Å²) >= 11 is 0. The molecule has 0 unspecified atom stereocenters. The van der Waals surface area contributed by atoms with E-state index in [1.54, 1.807) is 42.7 Å². The summed E-state index contributed by atoms with van der Waals surface area (Å²) in [5.74, 6) is 0.707. The van der Waals surface area contributed by atoms with E-state index < -0.39 is 10.0 Å². The van der Waals surface area contributed by atoms with E-state index in [1.807, 2.05) is 26.0 Å². The zero-order chi connectivity index (χ0) is 18.6.